The van der Waals surface area contributed by atoms with E-state index in [1.54, 1.807) is 6.92 Å². The van der Waals surface area contributed by atoms with Crippen LogP contribution in [-0.2, 0) is 10.2 Å². The highest BCUT2D eigenvalue weighted by molar-refractivity contribution is 7.14. The Morgan fingerprint density at radius 1 is 1.39 bits per heavy atom. The van der Waals surface area contributed by atoms with Gasteiger partial charge in [0.1, 0.15) is 4.88 Å². The fourth-order valence-electron chi connectivity index (χ4n) is 1.29. The lowest BCUT2D eigenvalue weighted by atomic mass is 9.98. The summed E-state index contributed by atoms with van der Waals surface area (Å²) in [6.45, 7) is 8.04. The summed E-state index contributed by atoms with van der Waals surface area (Å²) in [4.78, 5) is 27.2. The molecule has 1 amide bonds. The highest BCUT2D eigenvalue weighted by atomic mass is 32.1. The Bertz CT molecular complexity index is 460. The van der Waals surface area contributed by atoms with Gasteiger partial charge in [0, 0.05) is 12.0 Å². The van der Waals surface area contributed by atoms with Crippen LogP contribution in [0.4, 0.5) is 0 Å². The molecule has 100 valence electrons. The summed E-state index contributed by atoms with van der Waals surface area (Å²) in [7, 11) is 0. The molecule has 2 N–H and O–H groups in total. The van der Waals surface area contributed by atoms with Gasteiger partial charge in [0.15, 0.2) is 0 Å². The van der Waals surface area contributed by atoms with Crippen molar-refractivity contribution >= 4 is 23.2 Å². The van der Waals surface area contributed by atoms with E-state index >= 15 is 0 Å². The molecule has 0 unspecified atom stereocenters. The van der Waals surface area contributed by atoms with E-state index < -0.39 is 5.97 Å². The molecule has 0 bridgehead atoms. The maximum absolute atomic E-state index is 11.9. The highest BCUT2D eigenvalue weighted by Gasteiger charge is 2.22. The van der Waals surface area contributed by atoms with E-state index in [4.69, 9.17) is 5.11 Å². The first kappa shape index (κ1) is 14.6. The van der Waals surface area contributed by atoms with Gasteiger partial charge in [-0.2, -0.15) is 0 Å². The molecule has 0 aromatic carbocycles. The molecule has 0 aliphatic carbocycles. The first-order valence-corrected chi connectivity index (χ1v) is 6.51. The van der Waals surface area contributed by atoms with Gasteiger partial charge in [-0.3, -0.25) is 9.59 Å². The molecular weight excluding hydrogens is 252 g/mol. The van der Waals surface area contributed by atoms with Gasteiger partial charge in [-0.05, 0) is 6.92 Å². The van der Waals surface area contributed by atoms with Gasteiger partial charge in [-0.1, -0.05) is 20.8 Å². The number of nitrogens with one attached hydrogen (secondary N) is 1. The van der Waals surface area contributed by atoms with Crippen molar-refractivity contribution in [2.24, 2.45) is 0 Å². The average molecular weight is 270 g/mol. The van der Waals surface area contributed by atoms with Gasteiger partial charge in [0.05, 0.1) is 17.1 Å². The monoisotopic (exact) mass is 270 g/mol. The van der Waals surface area contributed by atoms with E-state index in [1.807, 2.05) is 20.8 Å². The minimum Gasteiger partial charge on any atom is -0.481 e. The summed E-state index contributed by atoms with van der Waals surface area (Å²) < 4.78 is 0. The minimum absolute atomic E-state index is 0.0737. The van der Waals surface area contributed by atoms with Gasteiger partial charge >= 0.3 is 5.97 Å². The number of amides is 1. The lowest BCUT2D eigenvalue weighted by molar-refractivity contribution is -0.136. The highest BCUT2D eigenvalue weighted by Crippen LogP contribution is 2.28. The minimum atomic E-state index is -0.924. The number of thiazole rings is 1. The number of carboxylic acids is 1. The Kier molecular flexibility index (Phi) is 4.45. The summed E-state index contributed by atoms with van der Waals surface area (Å²) in [5, 5.41) is 12.0. The maximum Gasteiger partial charge on any atom is 0.305 e. The largest absolute Gasteiger partial charge is 0.481 e. The van der Waals surface area contributed by atoms with Crippen molar-refractivity contribution in [1.29, 1.82) is 0 Å². The third-order valence-electron chi connectivity index (χ3n) is 2.27. The van der Waals surface area contributed by atoms with Crippen LogP contribution in [0.1, 0.15) is 47.6 Å². The number of aromatic nitrogens is 1. The second-order valence-electron chi connectivity index (χ2n) is 5.08. The molecule has 1 rings (SSSR count). The van der Waals surface area contributed by atoms with Crippen LogP contribution in [0.2, 0.25) is 0 Å². The Morgan fingerprint density at radius 2 is 2.00 bits per heavy atom. The number of carboxylic acid groups (broad SMARTS) is 1. The summed E-state index contributed by atoms with van der Waals surface area (Å²) >= 11 is 1.36. The lowest BCUT2D eigenvalue weighted by Crippen LogP contribution is -2.25. The molecule has 1 heterocycles. The van der Waals surface area contributed by atoms with E-state index in [0.29, 0.717) is 10.6 Å². The SMILES string of the molecule is Cc1nc(C(C)(C)C)sc1C(=O)NCCC(=O)O. The maximum atomic E-state index is 11.9. The number of carbonyl (C=O) groups is 2. The second kappa shape index (κ2) is 5.48. The molecule has 5 nitrogen and oxygen atoms in total. The molecule has 0 fully saturated rings. The van der Waals surface area contributed by atoms with E-state index in [1.165, 1.54) is 11.3 Å². The molecule has 1 aromatic heterocycles. The molecule has 0 aliphatic heterocycles. The number of nitrogens with zero attached hydrogens (tertiary/aromatic N) is 1. The van der Waals surface area contributed by atoms with Crippen LogP contribution >= 0.6 is 11.3 Å². The molecule has 0 atom stereocenters. The number of hydrogen-bond acceptors (Lipinski definition) is 4. The van der Waals surface area contributed by atoms with Crippen LogP contribution in [-0.4, -0.2) is 28.5 Å². The molecule has 0 saturated heterocycles. The molecule has 1 aromatic rings. The van der Waals surface area contributed by atoms with Crippen LogP contribution < -0.4 is 5.32 Å². The lowest BCUT2D eigenvalue weighted by Gasteiger charge is -2.13. The Morgan fingerprint density at radius 3 is 2.44 bits per heavy atom. The normalized spacial score (nSPS) is 11.3. The van der Waals surface area contributed by atoms with Crippen LogP contribution in [0.25, 0.3) is 0 Å². The number of aryl methyl sites for hydroxylation is 1. The average Bonchev–Trinajstić information content (AvgIpc) is 2.59. The van der Waals surface area contributed by atoms with Gasteiger partial charge in [0.25, 0.3) is 5.91 Å². The number of rotatable bonds is 4. The standard InChI is InChI=1S/C12H18N2O3S/c1-7-9(10(17)13-6-5-8(15)16)18-11(14-7)12(2,3)4/h5-6H2,1-4H3,(H,13,17)(H,15,16). The van der Waals surface area contributed by atoms with Crippen LogP contribution in [0.3, 0.4) is 0 Å². The van der Waals surface area contributed by atoms with Crippen molar-refractivity contribution in [3.8, 4) is 0 Å². The predicted octanol–water partition coefficient (Wildman–Crippen LogP) is 1.95. The fraction of sp³-hybridized carbons (Fsp3) is 0.583. The van der Waals surface area contributed by atoms with Crippen molar-refractivity contribution < 1.29 is 14.7 Å². The van der Waals surface area contributed by atoms with Crippen molar-refractivity contribution in [3.63, 3.8) is 0 Å². The molecular formula is C12H18N2O3S. The molecule has 6 heteroatoms. The third kappa shape index (κ3) is 3.80. The Labute approximate surface area is 110 Å². The first-order valence-electron chi connectivity index (χ1n) is 5.69. The zero-order valence-electron chi connectivity index (χ0n) is 11.0. The van der Waals surface area contributed by atoms with Gasteiger partial charge in [0.2, 0.25) is 0 Å². The summed E-state index contributed by atoms with van der Waals surface area (Å²) in [5.74, 6) is -1.17. The Hall–Kier alpha value is -1.43. The van der Waals surface area contributed by atoms with Crippen molar-refractivity contribution in [2.75, 3.05) is 6.54 Å². The number of aliphatic carboxylic acids is 1. The third-order valence-corrected chi connectivity index (χ3v) is 3.85. The topological polar surface area (TPSA) is 79.3 Å². The summed E-state index contributed by atoms with van der Waals surface area (Å²) in [6, 6.07) is 0. The van der Waals surface area contributed by atoms with E-state index in [-0.39, 0.29) is 24.3 Å². The first-order chi connectivity index (χ1) is 8.21. The quantitative estimate of drug-likeness (QED) is 0.876. The van der Waals surface area contributed by atoms with E-state index in [2.05, 4.69) is 10.3 Å². The van der Waals surface area contributed by atoms with Gasteiger partial charge in [-0.15, -0.1) is 11.3 Å². The van der Waals surface area contributed by atoms with Crippen molar-refractivity contribution in [2.45, 2.75) is 39.5 Å². The molecule has 0 saturated carbocycles. The van der Waals surface area contributed by atoms with E-state index in [0.717, 1.165) is 5.01 Å². The van der Waals surface area contributed by atoms with E-state index in [9.17, 15) is 9.59 Å². The summed E-state index contributed by atoms with van der Waals surface area (Å²) in [5.41, 5.74) is 0.604. The second-order valence-corrected chi connectivity index (χ2v) is 6.08. The van der Waals surface area contributed by atoms with Crippen LogP contribution in [0.15, 0.2) is 0 Å². The zero-order valence-corrected chi connectivity index (χ0v) is 11.8. The van der Waals surface area contributed by atoms with Gasteiger partial charge in [-0.25, -0.2) is 4.98 Å². The Balaban J connectivity index is 2.75. The van der Waals surface area contributed by atoms with Crippen molar-refractivity contribution in [3.05, 3.63) is 15.6 Å². The van der Waals surface area contributed by atoms with Gasteiger partial charge < -0.3 is 10.4 Å². The zero-order chi connectivity index (χ0) is 13.9. The smallest absolute Gasteiger partial charge is 0.305 e. The predicted molar refractivity (Wildman–Crippen MR) is 70.1 cm³/mol. The fourth-order valence-corrected chi connectivity index (χ4v) is 2.33. The van der Waals surface area contributed by atoms with Crippen LogP contribution in [0.5, 0.6) is 0 Å². The van der Waals surface area contributed by atoms with Crippen molar-refractivity contribution in [1.82, 2.24) is 10.3 Å². The molecule has 0 aliphatic rings. The molecule has 0 spiro atoms. The number of carbonyl (C=O) groups excluding carboxylic acids is 1. The number of hydrogen-bond donors (Lipinski definition) is 2. The van der Waals surface area contributed by atoms with Crippen LogP contribution in [0, 0.1) is 6.92 Å². The summed E-state index contributed by atoms with van der Waals surface area (Å²) in [6.07, 6.45) is -0.0737. The molecule has 18 heavy (non-hydrogen) atoms. The molecule has 0 radical (unpaired) electrons.